The number of hydrogen-bond donors (Lipinski definition) is 0. The molecule has 2 aromatic carbocycles. The molecule has 0 radical (unpaired) electrons. The van der Waals surface area contributed by atoms with Crippen LogP contribution in [0, 0.1) is 5.92 Å². The van der Waals surface area contributed by atoms with Crippen molar-refractivity contribution >= 4 is 16.8 Å². The second-order valence-corrected chi connectivity index (χ2v) is 6.73. The SMILES string of the molecule is CCC(C)CC(=O)Oc1cccc(S(=O)c2ccccc2)c1. The summed E-state index contributed by atoms with van der Waals surface area (Å²) in [5.74, 6) is 0.487. The number of carbonyl (C=O) groups is 1. The molecule has 2 aromatic rings. The topological polar surface area (TPSA) is 43.4 Å². The Hall–Kier alpha value is -1.94. The minimum Gasteiger partial charge on any atom is -0.426 e. The summed E-state index contributed by atoms with van der Waals surface area (Å²) in [6, 6.07) is 16.1. The maximum absolute atomic E-state index is 12.5. The standard InChI is InChI=1S/C18H20O3S/c1-3-14(2)12-18(19)21-15-8-7-11-17(13-15)22(20)16-9-5-4-6-10-16/h4-11,13-14H,3,12H2,1-2H3. The summed E-state index contributed by atoms with van der Waals surface area (Å²) >= 11 is 0. The second kappa shape index (κ2) is 7.90. The molecule has 2 unspecified atom stereocenters. The van der Waals surface area contributed by atoms with Crippen LogP contribution in [0.15, 0.2) is 64.4 Å². The lowest BCUT2D eigenvalue weighted by Crippen LogP contribution is -2.12. The van der Waals surface area contributed by atoms with E-state index in [1.54, 1.807) is 24.3 Å². The fourth-order valence-electron chi connectivity index (χ4n) is 1.94. The number of esters is 1. The van der Waals surface area contributed by atoms with Crippen molar-refractivity contribution in [3.8, 4) is 5.75 Å². The predicted octanol–water partition coefficient (Wildman–Crippen LogP) is 4.19. The summed E-state index contributed by atoms with van der Waals surface area (Å²) < 4.78 is 17.8. The monoisotopic (exact) mass is 316 g/mol. The zero-order valence-electron chi connectivity index (χ0n) is 12.8. The van der Waals surface area contributed by atoms with Gasteiger partial charge in [0.05, 0.1) is 10.8 Å². The number of hydrogen-bond acceptors (Lipinski definition) is 3. The molecule has 2 atom stereocenters. The van der Waals surface area contributed by atoms with Crippen molar-refractivity contribution in [2.24, 2.45) is 5.92 Å². The molecular formula is C18H20O3S. The van der Waals surface area contributed by atoms with E-state index in [9.17, 15) is 9.00 Å². The molecule has 0 spiro atoms. The zero-order valence-corrected chi connectivity index (χ0v) is 13.6. The highest BCUT2D eigenvalue weighted by Gasteiger charge is 2.12. The van der Waals surface area contributed by atoms with Gasteiger partial charge in [-0.3, -0.25) is 4.79 Å². The van der Waals surface area contributed by atoms with Crippen LogP contribution in [-0.2, 0) is 15.6 Å². The first-order chi connectivity index (χ1) is 10.6. The van der Waals surface area contributed by atoms with E-state index in [1.807, 2.05) is 44.2 Å². The Morgan fingerprint density at radius 2 is 1.77 bits per heavy atom. The fraction of sp³-hybridized carbons (Fsp3) is 0.278. The maximum atomic E-state index is 12.5. The molecule has 22 heavy (non-hydrogen) atoms. The van der Waals surface area contributed by atoms with Crippen LogP contribution in [0.25, 0.3) is 0 Å². The Morgan fingerprint density at radius 3 is 2.45 bits per heavy atom. The van der Waals surface area contributed by atoms with Gasteiger partial charge < -0.3 is 4.74 Å². The zero-order chi connectivity index (χ0) is 15.9. The van der Waals surface area contributed by atoms with Gasteiger partial charge in [-0.15, -0.1) is 0 Å². The Kier molecular flexibility index (Phi) is 5.90. The average molecular weight is 316 g/mol. The molecule has 0 aliphatic heterocycles. The molecule has 0 heterocycles. The smallest absolute Gasteiger partial charge is 0.311 e. The van der Waals surface area contributed by atoms with Crippen LogP contribution in [0.2, 0.25) is 0 Å². The Labute approximate surface area is 133 Å². The molecule has 0 aromatic heterocycles. The van der Waals surface area contributed by atoms with Crippen LogP contribution < -0.4 is 4.74 Å². The largest absolute Gasteiger partial charge is 0.426 e. The second-order valence-electron chi connectivity index (χ2n) is 5.25. The van der Waals surface area contributed by atoms with Crippen molar-refractivity contribution in [1.82, 2.24) is 0 Å². The molecule has 116 valence electrons. The highest BCUT2D eigenvalue weighted by atomic mass is 32.2. The van der Waals surface area contributed by atoms with Crippen LogP contribution in [-0.4, -0.2) is 10.2 Å². The van der Waals surface area contributed by atoms with Gasteiger partial charge in [-0.05, 0) is 36.2 Å². The highest BCUT2D eigenvalue weighted by Crippen LogP contribution is 2.21. The summed E-state index contributed by atoms with van der Waals surface area (Å²) in [6.45, 7) is 4.06. The first kappa shape index (κ1) is 16.4. The van der Waals surface area contributed by atoms with Crippen molar-refractivity contribution in [2.45, 2.75) is 36.5 Å². The molecule has 0 fully saturated rings. The minimum atomic E-state index is -1.28. The summed E-state index contributed by atoms with van der Waals surface area (Å²) in [6.07, 6.45) is 1.33. The van der Waals surface area contributed by atoms with Crippen LogP contribution in [0.1, 0.15) is 26.7 Å². The maximum Gasteiger partial charge on any atom is 0.311 e. The van der Waals surface area contributed by atoms with Gasteiger partial charge in [0.15, 0.2) is 0 Å². The van der Waals surface area contributed by atoms with E-state index >= 15 is 0 Å². The van der Waals surface area contributed by atoms with E-state index in [2.05, 4.69) is 0 Å². The third-order valence-corrected chi connectivity index (χ3v) is 4.80. The van der Waals surface area contributed by atoms with Gasteiger partial charge in [0.1, 0.15) is 5.75 Å². The van der Waals surface area contributed by atoms with E-state index in [4.69, 9.17) is 4.74 Å². The van der Waals surface area contributed by atoms with E-state index < -0.39 is 10.8 Å². The van der Waals surface area contributed by atoms with Crippen LogP contribution in [0.4, 0.5) is 0 Å². The lowest BCUT2D eigenvalue weighted by molar-refractivity contribution is -0.135. The van der Waals surface area contributed by atoms with Crippen molar-refractivity contribution < 1.29 is 13.7 Å². The highest BCUT2D eigenvalue weighted by molar-refractivity contribution is 7.85. The molecule has 0 bridgehead atoms. The summed E-state index contributed by atoms with van der Waals surface area (Å²) in [5.41, 5.74) is 0. The quantitative estimate of drug-likeness (QED) is 0.593. The van der Waals surface area contributed by atoms with E-state index in [1.165, 1.54) is 0 Å². The Morgan fingerprint density at radius 1 is 1.09 bits per heavy atom. The summed E-state index contributed by atoms with van der Waals surface area (Å²) in [5, 5.41) is 0. The first-order valence-electron chi connectivity index (χ1n) is 7.37. The fourth-order valence-corrected chi connectivity index (χ4v) is 3.04. The average Bonchev–Trinajstić information content (AvgIpc) is 2.55. The molecule has 0 amide bonds. The van der Waals surface area contributed by atoms with Crippen LogP contribution in [0.3, 0.4) is 0 Å². The van der Waals surface area contributed by atoms with Crippen molar-refractivity contribution in [3.05, 3.63) is 54.6 Å². The van der Waals surface area contributed by atoms with Crippen molar-refractivity contribution in [3.63, 3.8) is 0 Å². The van der Waals surface area contributed by atoms with Gasteiger partial charge in [-0.25, -0.2) is 4.21 Å². The van der Waals surface area contributed by atoms with Gasteiger partial charge in [0.25, 0.3) is 0 Å². The van der Waals surface area contributed by atoms with E-state index in [-0.39, 0.29) is 5.97 Å². The van der Waals surface area contributed by atoms with Crippen molar-refractivity contribution in [2.75, 3.05) is 0 Å². The molecule has 0 N–H and O–H groups in total. The first-order valence-corrected chi connectivity index (χ1v) is 8.52. The number of rotatable bonds is 6. The Balaban J connectivity index is 2.10. The minimum absolute atomic E-state index is 0.253. The number of carbonyl (C=O) groups excluding carboxylic acids is 1. The molecule has 0 aliphatic rings. The number of ether oxygens (including phenoxy) is 1. The van der Waals surface area contributed by atoms with Gasteiger partial charge in [-0.2, -0.15) is 0 Å². The molecule has 0 aliphatic carbocycles. The van der Waals surface area contributed by atoms with Gasteiger partial charge >= 0.3 is 5.97 Å². The third kappa shape index (κ3) is 4.53. The van der Waals surface area contributed by atoms with E-state index in [0.717, 1.165) is 11.3 Å². The third-order valence-electron chi connectivity index (χ3n) is 3.42. The lowest BCUT2D eigenvalue weighted by atomic mass is 10.1. The van der Waals surface area contributed by atoms with Gasteiger partial charge in [-0.1, -0.05) is 44.5 Å². The summed E-state index contributed by atoms with van der Waals surface area (Å²) in [4.78, 5) is 13.2. The molecule has 2 rings (SSSR count). The molecule has 4 heteroatoms. The number of benzene rings is 2. The normalized spacial score (nSPS) is 13.4. The van der Waals surface area contributed by atoms with Gasteiger partial charge in [0.2, 0.25) is 0 Å². The molecule has 0 saturated carbocycles. The van der Waals surface area contributed by atoms with Gasteiger partial charge in [0, 0.05) is 16.2 Å². The molecular weight excluding hydrogens is 296 g/mol. The molecule has 0 saturated heterocycles. The van der Waals surface area contributed by atoms with E-state index in [0.29, 0.717) is 23.0 Å². The van der Waals surface area contributed by atoms with Crippen molar-refractivity contribution in [1.29, 1.82) is 0 Å². The Bertz CT molecular complexity index is 652. The predicted molar refractivity (Wildman–Crippen MR) is 87.3 cm³/mol. The summed E-state index contributed by atoms with van der Waals surface area (Å²) in [7, 11) is -1.28. The molecule has 3 nitrogen and oxygen atoms in total. The van der Waals surface area contributed by atoms with Crippen LogP contribution in [0.5, 0.6) is 5.75 Å². The lowest BCUT2D eigenvalue weighted by Gasteiger charge is -2.09. The van der Waals surface area contributed by atoms with Crippen LogP contribution >= 0.6 is 0 Å².